The van der Waals surface area contributed by atoms with Crippen molar-refractivity contribution >= 4 is 16.9 Å². The van der Waals surface area contributed by atoms with E-state index in [2.05, 4.69) is 11.6 Å². The molecular formula is C25H26F2N4O. The number of imidazole rings is 1. The minimum absolute atomic E-state index is 0.0580. The van der Waals surface area contributed by atoms with Gasteiger partial charge >= 0.3 is 0 Å². The number of fused-ring (bicyclic) bond motifs is 1. The third-order valence-electron chi connectivity index (χ3n) is 5.98. The molecule has 2 aliphatic rings. The first-order valence-corrected chi connectivity index (χ1v) is 10.6. The monoisotopic (exact) mass is 436 g/mol. The number of nitrogens with two attached hydrogens (primary N) is 1. The second kappa shape index (κ2) is 9.04. The summed E-state index contributed by atoms with van der Waals surface area (Å²) in [4.78, 5) is 9.04. The van der Waals surface area contributed by atoms with Gasteiger partial charge in [-0.25, -0.2) is 9.97 Å². The van der Waals surface area contributed by atoms with Crippen LogP contribution in [0.2, 0.25) is 0 Å². The molecule has 3 N–H and O–H groups in total. The Balaban J connectivity index is 1.64. The van der Waals surface area contributed by atoms with E-state index in [1.54, 1.807) is 30.5 Å². The lowest BCUT2D eigenvalue weighted by Crippen LogP contribution is -2.27. The summed E-state index contributed by atoms with van der Waals surface area (Å²) < 4.78 is 29.4. The van der Waals surface area contributed by atoms with Gasteiger partial charge in [0.1, 0.15) is 17.2 Å². The molecule has 166 valence electrons. The number of allylic oxidation sites excluding steroid dienone is 10. The Bertz CT molecular complexity index is 1190. The Morgan fingerprint density at radius 3 is 2.72 bits per heavy atom. The first-order valence-electron chi connectivity index (χ1n) is 10.6. The number of aromatic nitrogens is 3. The molecule has 1 unspecified atom stereocenters. The zero-order chi connectivity index (χ0) is 22.8. The molecule has 0 saturated heterocycles. The quantitative estimate of drug-likeness (QED) is 0.599. The number of aliphatic hydroxyl groups excluding tert-OH is 1. The van der Waals surface area contributed by atoms with Crippen molar-refractivity contribution in [2.24, 2.45) is 5.92 Å². The van der Waals surface area contributed by atoms with Gasteiger partial charge in [0, 0.05) is 29.8 Å². The summed E-state index contributed by atoms with van der Waals surface area (Å²) in [6, 6.07) is 0. The summed E-state index contributed by atoms with van der Waals surface area (Å²) in [6.45, 7) is 5.68. The van der Waals surface area contributed by atoms with E-state index >= 15 is 0 Å². The van der Waals surface area contributed by atoms with Crippen molar-refractivity contribution in [3.63, 3.8) is 0 Å². The SMILES string of the molecule is C=C(/C=C\C=C/C)C(=C(F)F)C1C=CC(c2nc(C3CC(O)C3)n3ccnc(N)c23)=CC1. The molecule has 32 heavy (non-hydrogen) atoms. The molecule has 5 nitrogen and oxygen atoms in total. The number of rotatable bonds is 6. The van der Waals surface area contributed by atoms with E-state index in [9.17, 15) is 13.9 Å². The van der Waals surface area contributed by atoms with Crippen molar-refractivity contribution in [1.82, 2.24) is 14.4 Å². The number of aliphatic hydroxyl groups is 1. The van der Waals surface area contributed by atoms with Crippen LogP contribution in [-0.2, 0) is 0 Å². The zero-order valence-corrected chi connectivity index (χ0v) is 17.9. The van der Waals surface area contributed by atoms with Crippen LogP contribution in [0.4, 0.5) is 14.6 Å². The van der Waals surface area contributed by atoms with Crippen LogP contribution in [0.25, 0.3) is 11.1 Å². The van der Waals surface area contributed by atoms with Crippen LogP contribution in [0.1, 0.15) is 43.6 Å². The molecule has 2 aromatic rings. The Hall–Kier alpha value is -3.32. The first kappa shape index (κ1) is 21.9. The Kier molecular flexibility index (Phi) is 6.19. The Morgan fingerprint density at radius 1 is 1.31 bits per heavy atom. The van der Waals surface area contributed by atoms with Gasteiger partial charge in [-0.05, 0) is 37.3 Å². The molecule has 2 aromatic heterocycles. The van der Waals surface area contributed by atoms with Gasteiger partial charge in [0.05, 0.1) is 11.8 Å². The zero-order valence-electron chi connectivity index (χ0n) is 17.9. The van der Waals surface area contributed by atoms with Crippen molar-refractivity contribution in [2.45, 2.75) is 38.2 Å². The smallest absolute Gasteiger partial charge is 0.274 e. The predicted octanol–water partition coefficient (Wildman–Crippen LogP) is 5.35. The molecule has 1 atom stereocenters. The molecule has 0 aromatic carbocycles. The van der Waals surface area contributed by atoms with Crippen LogP contribution in [0, 0.1) is 5.92 Å². The highest BCUT2D eigenvalue weighted by Crippen LogP contribution is 2.40. The van der Waals surface area contributed by atoms with E-state index in [0.29, 0.717) is 41.9 Å². The second-order valence-electron chi connectivity index (χ2n) is 8.12. The summed E-state index contributed by atoms with van der Waals surface area (Å²) in [6.07, 6.45) is 15.5. The number of halogens is 2. The average Bonchev–Trinajstić information content (AvgIpc) is 3.12. The molecular weight excluding hydrogens is 410 g/mol. The van der Waals surface area contributed by atoms with Gasteiger partial charge in [-0.3, -0.25) is 4.40 Å². The molecule has 0 bridgehead atoms. The Labute approximate surface area is 185 Å². The van der Waals surface area contributed by atoms with Crippen LogP contribution >= 0.6 is 0 Å². The van der Waals surface area contributed by atoms with Crippen LogP contribution in [0.15, 0.2) is 78.7 Å². The number of anilines is 1. The number of hydrogen-bond donors (Lipinski definition) is 2. The highest BCUT2D eigenvalue weighted by molar-refractivity contribution is 5.87. The lowest BCUT2D eigenvalue weighted by molar-refractivity contribution is 0.0715. The fraction of sp³-hybridized carbons (Fsp3) is 0.280. The number of hydrogen-bond acceptors (Lipinski definition) is 4. The molecule has 0 spiro atoms. The highest BCUT2D eigenvalue weighted by Gasteiger charge is 2.33. The maximum Gasteiger partial charge on any atom is 0.274 e. The van der Waals surface area contributed by atoms with Crippen LogP contribution in [-0.4, -0.2) is 25.6 Å². The molecule has 7 heteroatoms. The maximum atomic E-state index is 13.7. The fourth-order valence-electron chi connectivity index (χ4n) is 4.26. The van der Waals surface area contributed by atoms with Crippen molar-refractivity contribution in [2.75, 3.05) is 5.73 Å². The third-order valence-corrected chi connectivity index (χ3v) is 5.98. The van der Waals surface area contributed by atoms with Crippen molar-refractivity contribution in [3.05, 3.63) is 90.2 Å². The van der Waals surface area contributed by atoms with E-state index in [0.717, 1.165) is 11.4 Å². The summed E-state index contributed by atoms with van der Waals surface area (Å²) in [5, 5.41) is 9.72. The second-order valence-corrected chi connectivity index (χ2v) is 8.12. The van der Waals surface area contributed by atoms with E-state index < -0.39 is 12.0 Å². The third kappa shape index (κ3) is 4.08. The molecule has 2 aliphatic carbocycles. The molecule has 1 fully saturated rings. The summed E-state index contributed by atoms with van der Waals surface area (Å²) in [5.41, 5.74) is 8.60. The molecule has 2 heterocycles. The van der Waals surface area contributed by atoms with Crippen molar-refractivity contribution in [3.8, 4) is 0 Å². The predicted molar refractivity (Wildman–Crippen MR) is 123 cm³/mol. The summed E-state index contributed by atoms with van der Waals surface area (Å²) >= 11 is 0. The van der Waals surface area contributed by atoms with Gasteiger partial charge in [0.2, 0.25) is 0 Å². The Morgan fingerprint density at radius 2 is 2.09 bits per heavy atom. The molecule has 0 radical (unpaired) electrons. The summed E-state index contributed by atoms with van der Waals surface area (Å²) in [5.74, 6) is 0.868. The van der Waals surface area contributed by atoms with Gasteiger partial charge in [-0.15, -0.1) is 0 Å². The minimum Gasteiger partial charge on any atom is -0.393 e. The average molecular weight is 437 g/mol. The van der Waals surface area contributed by atoms with E-state index in [4.69, 9.17) is 10.7 Å². The van der Waals surface area contributed by atoms with E-state index in [1.807, 2.05) is 35.7 Å². The van der Waals surface area contributed by atoms with E-state index in [-0.39, 0.29) is 17.6 Å². The molecule has 0 amide bonds. The molecule has 1 saturated carbocycles. The van der Waals surface area contributed by atoms with Gasteiger partial charge in [0.15, 0.2) is 0 Å². The van der Waals surface area contributed by atoms with Crippen LogP contribution in [0.5, 0.6) is 0 Å². The first-order chi connectivity index (χ1) is 15.4. The van der Waals surface area contributed by atoms with Crippen molar-refractivity contribution < 1.29 is 13.9 Å². The topological polar surface area (TPSA) is 76.4 Å². The van der Waals surface area contributed by atoms with Crippen molar-refractivity contribution in [1.29, 1.82) is 0 Å². The van der Waals surface area contributed by atoms with Gasteiger partial charge in [-0.2, -0.15) is 8.78 Å². The highest BCUT2D eigenvalue weighted by atomic mass is 19.3. The number of nitrogens with zero attached hydrogens (tertiary/aromatic N) is 3. The minimum atomic E-state index is -1.72. The normalized spacial score (nSPS) is 23.0. The largest absolute Gasteiger partial charge is 0.393 e. The van der Waals surface area contributed by atoms with Gasteiger partial charge < -0.3 is 10.8 Å². The van der Waals surface area contributed by atoms with E-state index in [1.165, 1.54) is 0 Å². The van der Waals surface area contributed by atoms with Crippen LogP contribution in [0.3, 0.4) is 0 Å². The lowest BCUT2D eigenvalue weighted by atomic mass is 9.82. The fourth-order valence-corrected chi connectivity index (χ4v) is 4.26. The maximum absolute atomic E-state index is 13.7. The van der Waals surface area contributed by atoms with Gasteiger partial charge in [0.25, 0.3) is 6.08 Å². The molecule has 4 rings (SSSR count). The standard InChI is InChI=1S/C25H26F2N4O/c1-3-4-5-6-15(2)20(23(26)27)16-7-9-17(10-8-16)21-22-24(28)29-11-12-31(22)25(30-21)18-13-19(32)14-18/h3-7,9-12,16,18-19,32H,2,8,13-14H2,1H3,(H2,28,29)/b4-3-,6-5-. The van der Waals surface area contributed by atoms with Crippen LogP contribution < -0.4 is 5.73 Å². The molecule has 0 aliphatic heterocycles. The van der Waals surface area contributed by atoms with Gasteiger partial charge in [-0.1, -0.05) is 49.1 Å². The summed E-state index contributed by atoms with van der Waals surface area (Å²) in [7, 11) is 0. The lowest BCUT2D eigenvalue weighted by Gasteiger charge is -2.30. The number of nitrogen functional groups attached to an aromatic ring is 1.